The average molecular weight is 881 g/mol. The predicted molar refractivity (Wildman–Crippen MR) is 208 cm³/mol. The number of rotatable bonds is 9. The van der Waals surface area contributed by atoms with Crippen molar-refractivity contribution in [1.29, 1.82) is 0 Å². The Kier molecular flexibility index (Phi) is 11.7. The van der Waals surface area contributed by atoms with Crippen LogP contribution in [0.4, 0.5) is 20.5 Å². The summed E-state index contributed by atoms with van der Waals surface area (Å²) in [6.45, 7) is -3.89. The van der Waals surface area contributed by atoms with Gasteiger partial charge in [0, 0.05) is 12.2 Å². The van der Waals surface area contributed by atoms with Gasteiger partial charge in [-0.25, -0.2) is 33.3 Å². The quantitative estimate of drug-likeness (QED) is 0.0829. The van der Waals surface area contributed by atoms with Crippen LogP contribution in [-0.2, 0) is 47.2 Å². The van der Waals surface area contributed by atoms with E-state index in [1.165, 1.54) is 10.9 Å². The van der Waals surface area contributed by atoms with Gasteiger partial charge in [-0.15, -0.1) is 0 Å². The number of ether oxygens (including phenoxy) is 3. The lowest BCUT2D eigenvalue weighted by atomic mass is 10.1. The second-order valence-electron chi connectivity index (χ2n) is 13.8. The van der Waals surface area contributed by atoms with Crippen molar-refractivity contribution >= 4 is 73.3 Å². The number of halogens is 2. The molecule has 5 aromatic rings. The SMILES string of the molecule is B[P@]1(=O)OC[C@H]2O[C@@H](n3cnc4c(N)ncnc43)[C@H](F)[C@@H]2O[P@@](=O)(SCc2ccc(OC(=O)CCCC)cc2)OC[C@H]2O[C@@H](n3cnc4c(=O)[nH]c(N)nc43)[C@H](F)[C@@H]2O1. The number of aromatic amines is 1. The molecule has 314 valence electrons. The van der Waals surface area contributed by atoms with Crippen molar-refractivity contribution in [1.82, 2.24) is 39.0 Å². The van der Waals surface area contributed by atoms with E-state index in [0.717, 1.165) is 31.2 Å². The van der Waals surface area contributed by atoms with Crippen LogP contribution in [-0.4, -0.2) is 103 Å². The summed E-state index contributed by atoms with van der Waals surface area (Å²) in [5, 5.41) is 0. The summed E-state index contributed by atoms with van der Waals surface area (Å²) >= 11 is 0.689. The van der Waals surface area contributed by atoms with Crippen LogP contribution in [0.1, 0.15) is 44.2 Å². The van der Waals surface area contributed by atoms with Crippen molar-refractivity contribution in [2.45, 2.75) is 81.2 Å². The van der Waals surface area contributed by atoms with Gasteiger partial charge in [-0.05, 0) is 35.5 Å². The minimum Gasteiger partial charge on any atom is -0.427 e. The fourth-order valence-electron chi connectivity index (χ4n) is 6.72. The highest BCUT2D eigenvalue weighted by atomic mass is 32.7. The molecule has 21 nitrogen and oxygen atoms in total. The van der Waals surface area contributed by atoms with Crippen LogP contribution in [0.25, 0.3) is 22.3 Å². The number of nitrogen functional groups attached to an aromatic ring is 2. The van der Waals surface area contributed by atoms with Crippen molar-refractivity contribution in [2.24, 2.45) is 0 Å². The lowest BCUT2D eigenvalue weighted by Crippen LogP contribution is -2.37. The maximum absolute atomic E-state index is 16.8. The van der Waals surface area contributed by atoms with Crippen molar-refractivity contribution in [3.05, 3.63) is 59.2 Å². The maximum atomic E-state index is 16.8. The number of carbonyl (C=O) groups is 1. The summed E-state index contributed by atoms with van der Waals surface area (Å²) in [7, 11) is -3.14. The van der Waals surface area contributed by atoms with Gasteiger partial charge < -0.3 is 34.7 Å². The lowest BCUT2D eigenvalue weighted by molar-refractivity contribution is -0.134. The third-order valence-corrected chi connectivity index (χ3v) is 14.5. The topological polar surface area (TPSA) is 275 Å². The molecule has 0 radical (unpaired) electrons. The van der Waals surface area contributed by atoms with Crippen LogP contribution in [0.3, 0.4) is 0 Å². The molecule has 0 aliphatic carbocycles. The first-order chi connectivity index (χ1) is 28.2. The van der Waals surface area contributed by atoms with E-state index in [4.69, 9.17) is 43.8 Å². The molecule has 8 rings (SSSR count). The average Bonchev–Trinajstić information content (AvgIpc) is 3.96. The Balaban J connectivity index is 1.09. The smallest absolute Gasteiger partial charge is 0.389 e. The molecular weight excluding hydrogens is 843 g/mol. The van der Waals surface area contributed by atoms with Gasteiger partial charge in [0.2, 0.25) is 5.95 Å². The number of imidazole rings is 2. The van der Waals surface area contributed by atoms with Crippen molar-refractivity contribution < 1.29 is 55.0 Å². The summed E-state index contributed by atoms with van der Waals surface area (Å²) in [6, 6.07) is 6.42. The van der Waals surface area contributed by atoms with Crippen LogP contribution >= 0.6 is 25.7 Å². The Morgan fingerprint density at radius 3 is 2.29 bits per heavy atom. The monoisotopic (exact) mass is 880 g/mol. The van der Waals surface area contributed by atoms with E-state index in [9.17, 15) is 18.7 Å². The van der Waals surface area contributed by atoms with Crippen molar-refractivity contribution in [2.75, 3.05) is 24.7 Å². The zero-order chi connectivity index (χ0) is 41.6. The van der Waals surface area contributed by atoms with Crippen molar-refractivity contribution in [3.63, 3.8) is 0 Å². The van der Waals surface area contributed by atoms with Gasteiger partial charge in [-0.3, -0.25) is 37.3 Å². The Hall–Kier alpha value is -4.32. The minimum atomic E-state index is -4.51. The number of nitrogens with two attached hydrogens (primary N) is 2. The zero-order valence-corrected chi connectivity index (χ0v) is 33.8. The van der Waals surface area contributed by atoms with Crippen molar-refractivity contribution in [3.8, 4) is 5.75 Å². The number of esters is 1. The van der Waals surface area contributed by atoms with E-state index >= 15 is 8.78 Å². The normalized spacial score (nSPS) is 31.4. The van der Waals surface area contributed by atoms with Gasteiger partial charge in [0.1, 0.15) is 42.0 Å². The van der Waals surface area contributed by atoms with E-state index in [1.807, 2.05) is 6.92 Å². The number of nitrogens with zero attached hydrogens (tertiary/aromatic N) is 7. The van der Waals surface area contributed by atoms with Crippen LogP contribution < -0.4 is 21.8 Å². The highest BCUT2D eigenvalue weighted by molar-refractivity contribution is 8.54. The standard InChI is InChI=1S/C32H37BF2N10O11P2S/c1-2-3-4-19(46)52-16-7-5-15(6-8-16)11-59-58(49)51-10-18-24(20(34)31(54-18)45-14-41-23-28(45)42-32(37)43-29(23)47)55-57(33,48)50-9-17-25(56-58)21(35)30(53-17)44-13-40-22-26(36)38-12-39-27(22)44/h5-8,12-14,17-18,20-21,24-25,30-31H,2-4,9-11,33H2,1H3,(H2,36,38,39)(H3,37,42,43,47)/t17-,18-,20-,21-,24-,25-,30-,31-,57+,58+/m1/s1. The zero-order valence-electron chi connectivity index (χ0n) is 31.2. The van der Waals surface area contributed by atoms with E-state index < -0.39 is 82.3 Å². The molecule has 3 aliphatic rings. The van der Waals surface area contributed by atoms with Gasteiger partial charge in [0.05, 0.1) is 25.9 Å². The first kappa shape index (κ1) is 41.4. The molecule has 0 unspecified atom stereocenters. The summed E-state index contributed by atoms with van der Waals surface area (Å²) < 4.78 is 105. The molecule has 3 aliphatic heterocycles. The number of aromatic nitrogens is 8. The number of anilines is 2. The lowest BCUT2D eigenvalue weighted by Gasteiger charge is -2.30. The van der Waals surface area contributed by atoms with E-state index in [-0.39, 0.29) is 52.2 Å². The minimum absolute atomic E-state index is 0.0224. The van der Waals surface area contributed by atoms with E-state index in [0.29, 0.717) is 29.1 Å². The summed E-state index contributed by atoms with van der Waals surface area (Å²) in [5.74, 6) is -0.333. The molecule has 5 N–H and O–H groups in total. The molecule has 7 heterocycles. The molecule has 10 atom stereocenters. The van der Waals surface area contributed by atoms with Gasteiger partial charge in [-0.1, -0.05) is 25.5 Å². The van der Waals surface area contributed by atoms with Gasteiger partial charge in [0.15, 0.2) is 47.4 Å². The molecule has 0 saturated carbocycles. The van der Waals surface area contributed by atoms with Gasteiger partial charge in [0.25, 0.3) is 20.6 Å². The number of fused-ring (bicyclic) bond motifs is 4. The number of hydrogen-bond acceptors (Lipinski definition) is 19. The first-order valence-electron chi connectivity index (χ1n) is 18.2. The molecule has 0 bridgehead atoms. The van der Waals surface area contributed by atoms with Crippen LogP contribution in [0.2, 0.25) is 0 Å². The fraction of sp³-hybridized carbons (Fsp3) is 0.469. The molecule has 0 amide bonds. The number of nitrogens with one attached hydrogen (secondary N) is 1. The fourth-order valence-corrected chi connectivity index (χ4v) is 11.3. The maximum Gasteiger partial charge on any atom is 0.389 e. The highest BCUT2D eigenvalue weighted by Crippen LogP contribution is 2.65. The molecule has 3 saturated heterocycles. The molecule has 0 spiro atoms. The number of H-pyrrole nitrogens is 1. The number of carbonyl (C=O) groups excluding carboxylic acids is 1. The van der Waals surface area contributed by atoms with Gasteiger partial charge in [-0.2, -0.15) is 4.98 Å². The molecule has 3 fully saturated rings. The van der Waals surface area contributed by atoms with Crippen LogP contribution in [0, 0.1) is 0 Å². The highest BCUT2D eigenvalue weighted by Gasteiger charge is 2.54. The third-order valence-electron chi connectivity index (χ3n) is 9.63. The largest absolute Gasteiger partial charge is 0.427 e. The van der Waals surface area contributed by atoms with Crippen LogP contribution in [0.5, 0.6) is 5.75 Å². The van der Waals surface area contributed by atoms with Crippen LogP contribution in [0.15, 0.2) is 48.0 Å². The Morgan fingerprint density at radius 2 is 1.59 bits per heavy atom. The van der Waals surface area contributed by atoms with Gasteiger partial charge >= 0.3 is 12.8 Å². The van der Waals surface area contributed by atoms with E-state index in [1.54, 1.807) is 24.3 Å². The second kappa shape index (κ2) is 16.6. The predicted octanol–water partition coefficient (Wildman–Crippen LogP) is 3.29. The number of benzene rings is 1. The first-order valence-corrected chi connectivity index (χ1v) is 23.4. The molecule has 4 aromatic heterocycles. The Labute approximate surface area is 337 Å². The molecule has 1 aromatic carbocycles. The number of hydrogen-bond donors (Lipinski definition) is 3. The second-order valence-corrected chi connectivity index (χ2v) is 19.9. The Morgan fingerprint density at radius 1 is 0.949 bits per heavy atom. The molecular formula is C32H37BF2N10O11P2S. The number of alkyl halides is 2. The Bertz CT molecular complexity index is 2520. The molecule has 59 heavy (non-hydrogen) atoms. The van der Waals surface area contributed by atoms with E-state index in [2.05, 4.69) is 29.9 Å². The summed E-state index contributed by atoms with van der Waals surface area (Å²) in [4.78, 5) is 47.2. The number of unbranched alkanes of at least 4 members (excludes halogenated alkanes) is 1. The summed E-state index contributed by atoms with van der Waals surface area (Å²) in [5.41, 5.74) is 11.6. The molecule has 27 heteroatoms. The summed E-state index contributed by atoms with van der Waals surface area (Å²) in [6.07, 6.45) is -8.15. The third kappa shape index (κ3) is 8.53.